The molecule has 0 bridgehead atoms. The second kappa shape index (κ2) is 7.14. The van der Waals surface area contributed by atoms with Gasteiger partial charge in [0.25, 0.3) is 0 Å². The lowest BCUT2D eigenvalue weighted by molar-refractivity contribution is -0.109. The highest BCUT2D eigenvalue weighted by molar-refractivity contribution is 6.67. The molecule has 1 aromatic carbocycles. The number of halogens is 2. The number of aryl methyl sites for hydroxylation is 1. The summed E-state index contributed by atoms with van der Waals surface area (Å²) in [6, 6.07) is 10.3. The van der Waals surface area contributed by atoms with Gasteiger partial charge in [0.15, 0.2) is 0 Å². The lowest BCUT2D eigenvalue weighted by atomic mass is 10.2. The minimum absolute atomic E-state index is 0.0957. The van der Waals surface area contributed by atoms with Gasteiger partial charge in [-0.15, -0.1) is 11.6 Å². The summed E-state index contributed by atoms with van der Waals surface area (Å²) < 4.78 is 0. The maximum absolute atomic E-state index is 9.45. The van der Waals surface area contributed by atoms with E-state index in [0.717, 1.165) is 0 Å². The van der Waals surface area contributed by atoms with Gasteiger partial charge in [0.05, 0.1) is 5.88 Å². The summed E-state index contributed by atoms with van der Waals surface area (Å²) in [5.41, 5.74) is 1.32. The van der Waals surface area contributed by atoms with Crippen molar-refractivity contribution in [3.8, 4) is 0 Å². The van der Waals surface area contributed by atoms with Gasteiger partial charge >= 0.3 is 0 Å². The van der Waals surface area contributed by atoms with Gasteiger partial charge in [-0.1, -0.05) is 35.9 Å². The lowest BCUT2D eigenvalue weighted by Gasteiger charge is -1.82. The molecule has 0 aliphatic rings. The first-order valence-corrected chi connectivity index (χ1v) is 4.34. The summed E-state index contributed by atoms with van der Waals surface area (Å²) in [4.78, 5) is 9.45. The number of benzene rings is 1. The second-order valence-electron chi connectivity index (χ2n) is 2.14. The molecule has 1 nitrogen and oxygen atoms in total. The minimum Gasteiger partial charge on any atom is -0.280 e. The van der Waals surface area contributed by atoms with Crippen LogP contribution in [0.5, 0.6) is 0 Å². The predicted molar refractivity (Wildman–Crippen MR) is 52.8 cm³/mol. The molecular formula is C9H10Cl2O. The smallest absolute Gasteiger partial charge is 0.236 e. The molecule has 0 saturated heterocycles. The lowest BCUT2D eigenvalue weighted by Crippen LogP contribution is -1.81. The SMILES string of the molecule is Cc1ccccc1.O=C(Cl)CCl. The van der Waals surface area contributed by atoms with Crippen molar-refractivity contribution in [1.82, 2.24) is 0 Å². The Balaban J connectivity index is 0.000000217. The zero-order chi connectivity index (χ0) is 9.40. The van der Waals surface area contributed by atoms with Gasteiger partial charge in [0.1, 0.15) is 0 Å². The Kier molecular flexibility index (Phi) is 6.82. The van der Waals surface area contributed by atoms with Crippen molar-refractivity contribution < 1.29 is 4.79 Å². The van der Waals surface area contributed by atoms with Crippen LogP contribution in [-0.4, -0.2) is 11.1 Å². The maximum atomic E-state index is 9.45. The zero-order valence-corrected chi connectivity index (χ0v) is 8.27. The van der Waals surface area contributed by atoms with Gasteiger partial charge in [-0.2, -0.15) is 0 Å². The van der Waals surface area contributed by atoms with E-state index >= 15 is 0 Å². The van der Waals surface area contributed by atoms with Crippen LogP contribution in [0.4, 0.5) is 0 Å². The average Bonchev–Trinajstić information content (AvgIpc) is 2.07. The fourth-order valence-electron chi connectivity index (χ4n) is 0.534. The van der Waals surface area contributed by atoms with E-state index in [4.69, 9.17) is 23.2 Å². The van der Waals surface area contributed by atoms with Crippen molar-refractivity contribution in [2.75, 3.05) is 5.88 Å². The highest BCUT2D eigenvalue weighted by Gasteiger charge is 1.83. The molecule has 0 fully saturated rings. The highest BCUT2D eigenvalue weighted by Crippen LogP contribution is 1.92. The molecule has 1 rings (SSSR count). The van der Waals surface area contributed by atoms with Gasteiger partial charge in [-0.25, -0.2) is 0 Å². The summed E-state index contributed by atoms with van der Waals surface area (Å²) in [7, 11) is 0. The number of hydrogen-bond acceptors (Lipinski definition) is 1. The molecule has 0 amide bonds. The van der Waals surface area contributed by atoms with Crippen LogP contribution >= 0.6 is 23.2 Å². The standard InChI is InChI=1S/C7H8.C2H2Cl2O/c1-7-5-3-2-4-6-7;3-1-2(4)5/h2-6H,1H3;1H2. The van der Waals surface area contributed by atoms with E-state index in [9.17, 15) is 4.79 Å². The van der Waals surface area contributed by atoms with E-state index in [2.05, 4.69) is 19.1 Å². The van der Waals surface area contributed by atoms with Gasteiger partial charge in [0.2, 0.25) is 5.24 Å². The average molecular weight is 205 g/mol. The fraction of sp³-hybridized carbons (Fsp3) is 0.222. The van der Waals surface area contributed by atoms with Crippen LogP contribution in [0.3, 0.4) is 0 Å². The van der Waals surface area contributed by atoms with E-state index in [0.29, 0.717) is 0 Å². The third-order valence-corrected chi connectivity index (χ3v) is 1.56. The van der Waals surface area contributed by atoms with Crippen LogP contribution in [0.25, 0.3) is 0 Å². The minimum atomic E-state index is -0.508. The van der Waals surface area contributed by atoms with Crippen LogP contribution in [-0.2, 0) is 4.79 Å². The van der Waals surface area contributed by atoms with Crippen molar-refractivity contribution in [3.63, 3.8) is 0 Å². The molecule has 12 heavy (non-hydrogen) atoms. The molecule has 66 valence electrons. The van der Waals surface area contributed by atoms with Gasteiger partial charge in [0, 0.05) is 0 Å². The second-order valence-corrected chi connectivity index (χ2v) is 2.83. The molecule has 0 N–H and O–H groups in total. The molecule has 0 saturated carbocycles. The number of alkyl halides is 1. The van der Waals surface area contributed by atoms with Crippen molar-refractivity contribution in [2.45, 2.75) is 6.92 Å². The monoisotopic (exact) mass is 204 g/mol. The number of rotatable bonds is 1. The predicted octanol–water partition coefficient (Wildman–Crippen LogP) is 2.99. The molecule has 1 aromatic rings. The maximum Gasteiger partial charge on any atom is 0.236 e. The van der Waals surface area contributed by atoms with E-state index < -0.39 is 5.24 Å². The molecular weight excluding hydrogens is 195 g/mol. The largest absolute Gasteiger partial charge is 0.280 e. The molecule has 0 aliphatic heterocycles. The Hall–Kier alpha value is -0.530. The molecule has 0 heterocycles. The molecule has 0 spiro atoms. The van der Waals surface area contributed by atoms with Gasteiger partial charge in [-0.3, -0.25) is 4.79 Å². The van der Waals surface area contributed by atoms with Crippen molar-refractivity contribution >= 4 is 28.4 Å². The van der Waals surface area contributed by atoms with Gasteiger partial charge < -0.3 is 0 Å². The number of hydrogen-bond donors (Lipinski definition) is 0. The first kappa shape index (κ1) is 11.5. The van der Waals surface area contributed by atoms with Crippen molar-refractivity contribution in [1.29, 1.82) is 0 Å². The molecule has 0 atom stereocenters. The number of carbonyl (C=O) groups excluding carboxylic acids is 1. The summed E-state index contributed by atoms with van der Waals surface area (Å²) in [5, 5.41) is -0.508. The quantitative estimate of drug-likeness (QED) is 0.508. The zero-order valence-electron chi connectivity index (χ0n) is 6.76. The first-order valence-electron chi connectivity index (χ1n) is 3.42. The van der Waals surface area contributed by atoms with Crippen molar-refractivity contribution in [3.05, 3.63) is 35.9 Å². The third kappa shape index (κ3) is 7.58. The number of carbonyl (C=O) groups is 1. The topological polar surface area (TPSA) is 17.1 Å². The highest BCUT2D eigenvalue weighted by atomic mass is 35.5. The van der Waals surface area contributed by atoms with E-state index in [1.54, 1.807) is 0 Å². The van der Waals surface area contributed by atoms with Crippen LogP contribution < -0.4 is 0 Å². The van der Waals surface area contributed by atoms with Crippen LogP contribution in [0.2, 0.25) is 0 Å². The van der Waals surface area contributed by atoms with E-state index in [-0.39, 0.29) is 5.88 Å². The Labute approximate surface area is 82.3 Å². The normalized spacial score (nSPS) is 8.25. The summed E-state index contributed by atoms with van der Waals surface area (Å²) in [6.07, 6.45) is 0. The van der Waals surface area contributed by atoms with Crippen LogP contribution in [0.1, 0.15) is 5.56 Å². The van der Waals surface area contributed by atoms with E-state index in [1.165, 1.54) is 5.56 Å². The van der Waals surface area contributed by atoms with Gasteiger partial charge in [-0.05, 0) is 18.5 Å². The fourth-order valence-corrected chi connectivity index (χ4v) is 0.534. The Morgan fingerprint density at radius 2 is 1.75 bits per heavy atom. The molecule has 0 aliphatic carbocycles. The summed E-state index contributed by atoms with van der Waals surface area (Å²) in [6.45, 7) is 2.08. The van der Waals surface area contributed by atoms with Crippen LogP contribution in [0.15, 0.2) is 30.3 Å². The molecule has 0 unspecified atom stereocenters. The molecule has 3 heteroatoms. The third-order valence-electron chi connectivity index (χ3n) is 1.05. The van der Waals surface area contributed by atoms with E-state index in [1.807, 2.05) is 18.2 Å². The first-order chi connectivity index (χ1) is 5.66. The molecule has 0 aromatic heterocycles. The summed E-state index contributed by atoms with van der Waals surface area (Å²) >= 11 is 9.55. The Morgan fingerprint density at radius 1 is 1.33 bits per heavy atom. The summed E-state index contributed by atoms with van der Waals surface area (Å²) in [5.74, 6) is -0.0957. The Bertz CT molecular complexity index is 221. The van der Waals surface area contributed by atoms with Crippen molar-refractivity contribution in [2.24, 2.45) is 0 Å². The Morgan fingerprint density at radius 3 is 1.92 bits per heavy atom. The van der Waals surface area contributed by atoms with Crippen LogP contribution in [0, 0.1) is 6.92 Å². The molecule has 0 radical (unpaired) electrons.